The number of aromatic nitrogens is 2. The SMILES string of the molecule is C[C@@H](Sc1nnc(-c2ccccc2NC(=O)c2ccccc2)o1)C(=O)N(c1ccccc1)c1ccccc1. The summed E-state index contributed by atoms with van der Waals surface area (Å²) in [4.78, 5) is 28.0. The van der Waals surface area contributed by atoms with Crippen molar-refractivity contribution in [2.75, 3.05) is 10.2 Å². The van der Waals surface area contributed by atoms with Crippen molar-refractivity contribution in [3.63, 3.8) is 0 Å². The van der Waals surface area contributed by atoms with Crippen LogP contribution in [0.15, 0.2) is 125 Å². The summed E-state index contributed by atoms with van der Waals surface area (Å²) in [6, 6.07) is 35.2. The zero-order valence-electron chi connectivity index (χ0n) is 20.5. The number of para-hydroxylation sites is 3. The van der Waals surface area contributed by atoms with E-state index in [-0.39, 0.29) is 22.9 Å². The van der Waals surface area contributed by atoms with Gasteiger partial charge in [-0.25, -0.2) is 0 Å². The second kappa shape index (κ2) is 11.6. The van der Waals surface area contributed by atoms with Gasteiger partial charge in [0, 0.05) is 16.9 Å². The standard InChI is InChI=1S/C30H24N4O3S/c1-21(29(36)34(23-15-7-3-8-16-23)24-17-9-4-10-18-24)38-30-33-32-28(37-30)25-19-11-12-20-26(25)31-27(35)22-13-5-2-6-14-22/h2-21H,1H3,(H,31,35)/t21-/m1/s1. The molecular formula is C30H24N4O3S. The summed E-state index contributed by atoms with van der Waals surface area (Å²) in [5.41, 5.74) is 3.21. The number of benzene rings is 4. The van der Waals surface area contributed by atoms with Gasteiger partial charge in [0.25, 0.3) is 17.0 Å². The summed E-state index contributed by atoms with van der Waals surface area (Å²) in [5.74, 6) is -0.116. The molecule has 0 aliphatic rings. The van der Waals surface area contributed by atoms with E-state index >= 15 is 0 Å². The van der Waals surface area contributed by atoms with Crippen molar-refractivity contribution < 1.29 is 14.0 Å². The molecule has 1 atom stereocenters. The van der Waals surface area contributed by atoms with Gasteiger partial charge in [0.1, 0.15) is 0 Å². The maximum Gasteiger partial charge on any atom is 0.277 e. The number of nitrogens with one attached hydrogen (secondary N) is 1. The van der Waals surface area contributed by atoms with Crippen molar-refractivity contribution in [3.8, 4) is 11.5 Å². The molecule has 38 heavy (non-hydrogen) atoms. The molecule has 0 fully saturated rings. The smallest absolute Gasteiger partial charge is 0.277 e. The molecule has 0 radical (unpaired) electrons. The van der Waals surface area contributed by atoms with Crippen molar-refractivity contribution in [1.29, 1.82) is 0 Å². The molecule has 1 aromatic heterocycles. The van der Waals surface area contributed by atoms with Crippen molar-refractivity contribution in [3.05, 3.63) is 121 Å². The molecule has 5 aromatic rings. The number of amides is 2. The third-order valence-electron chi connectivity index (χ3n) is 5.72. The van der Waals surface area contributed by atoms with Gasteiger partial charge < -0.3 is 9.73 Å². The van der Waals surface area contributed by atoms with Crippen LogP contribution in [0.5, 0.6) is 0 Å². The third-order valence-corrected chi connectivity index (χ3v) is 6.64. The van der Waals surface area contributed by atoms with Crippen LogP contribution in [0.4, 0.5) is 17.1 Å². The fourth-order valence-electron chi connectivity index (χ4n) is 3.87. The average molecular weight is 521 g/mol. The topological polar surface area (TPSA) is 88.3 Å². The van der Waals surface area contributed by atoms with E-state index in [1.807, 2.05) is 97.9 Å². The molecule has 188 valence electrons. The molecule has 0 aliphatic carbocycles. The van der Waals surface area contributed by atoms with E-state index in [4.69, 9.17) is 4.42 Å². The Bertz CT molecular complexity index is 1490. The number of carbonyl (C=O) groups is 2. The Balaban J connectivity index is 1.35. The lowest BCUT2D eigenvalue weighted by atomic mass is 10.1. The lowest BCUT2D eigenvalue weighted by molar-refractivity contribution is -0.117. The van der Waals surface area contributed by atoms with E-state index in [9.17, 15) is 9.59 Å². The van der Waals surface area contributed by atoms with Gasteiger partial charge in [-0.15, -0.1) is 10.2 Å². The predicted molar refractivity (Wildman–Crippen MR) is 149 cm³/mol. The maximum absolute atomic E-state index is 13.6. The summed E-state index contributed by atoms with van der Waals surface area (Å²) >= 11 is 1.18. The molecule has 4 aromatic carbocycles. The van der Waals surface area contributed by atoms with Crippen LogP contribution in [-0.4, -0.2) is 27.3 Å². The molecular weight excluding hydrogens is 496 g/mol. The molecule has 0 saturated heterocycles. The van der Waals surface area contributed by atoms with Gasteiger partial charge >= 0.3 is 0 Å². The minimum Gasteiger partial charge on any atom is -0.411 e. The lowest BCUT2D eigenvalue weighted by Crippen LogP contribution is -2.32. The average Bonchev–Trinajstić information content (AvgIpc) is 3.43. The van der Waals surface area contributed by atoms with Gasteiger partial charge in [-0.3, -0.25) is 14.5 Å². The Hall–Kier alpha value is -4.69. The van der Waals surface area contributed by atoms with Gasteiger partial charge in [-0.2, -0.15) is 0 Å². The van der Waals surface area contributed by atoms with Crippen LogP contribution in [0, 0.1) is 0 Å². The van der Waals surface area contributed by atoms with Crippen LogP contribution in [-0.2, 0) is 4.79 Å². The van der Waals surface area contributed by atoms with Crippen LogP contribution < -0.4 is 10.2 Å². The summed E-state index contributed by atoms with van der Waals surface area (Å²) in [6.45, 7) is 1.81. The number of anilines is 3. The van der Waals surface area contributed by atoms with E-state index in [0.29, 0.717) is 16.8 Å². The number of hydrogen-bond acceptors (Lipinski definition) is 6. The van der Waals surface area contributed by atoms with Crippen molar-refractivity contribution in [2.45, 2.75) is 17.4 Å². The number of carbonyl (C=O) groups excluding carboxylic acids is 2. The van der Waals surface area contributed by atoms with E-state index in [1.54, 1.807) is 29.2 Å². The van der Waals surface area contributed by atoms with Crippen LogP contribution in [0.3, 0.4) is 0 Å². The molecule has 7 nitrogen and oxygen atoms in total. The minimum absolute atomic E-state index is 0.123. The third kappa shape index (κ3) is 5.66. The Kier molecular flexibility index (Phi) is 7.61. The molecule has 1 N–H and O–H groups in total. The van der Waals surface area contributed by atoms with Gasteiger partial charge in [0.15, 0.2) is 0 Å². The molecule has 5 rings (SSSR count). The highest BCUT2D eigenvalue weighted by Gasteiger charge is 2.26. The first-order valence-electron chi connectivity index (χ1n) is 12.0. The molecule has 0 bridgehead atoms. The van der Waals surface area contributed by atoms with Crippen molar-refractivity contribution >= 4 is 40.6 Å². The molecule has 0 unspecified atom stereocenters. The fraction of sp³-hybridized carbons (Fsp3) is 0.0667. The van der Waals surface area contributed by atoms with E-state index in [0.717, 1.165) is 11.4 Å². The monoisotopic (exact) mass is 520 g/mol. The van der Waals surface area contributed by atoms with Gasteiger partial charge in [-0.05, 0) is 55.5 Å². The van der Waals surface area contributed by atoms with Crippen LogP contribution in [0.2, 0.25) is 0 Å². The van der Waals surface area contributed by atoms with Crippen molar-refractivity contribution in [2.24, 2.45) is 0 Å². The summed E-state index contributed by atoms with van der Waals surface area (Å²) in [6.07, 6.45) is 0. The van der Waals surface area contributed by atoms with E-state index < -0.39 is 5.25 Å². The minimum atomic E-state index is -0.517. The normalized spacial score (nSPS) is 11.5. The van der Waals surface area contributed by atoms with Gasteiger partial charge in [0.2, 0.25) is 5.91 Å². The highest BCUT2D eigenvalue weighted by molar-refractivity contribution is 8.00. The molecule has 2 amide bonds. The van der Waals surface area contributed by atoms with E-state index in [2.05, 4.69) is 15.5 Å². The van der Waals surface area contributed by atoms with Gasteiger partial charge in [-0.1, -0.05) is 78.5 Å². The van der Waals surface area contributed by atoms with Crippen LogP contribution >= 0.6 is 11.8 Å². The Morgan fingerprint density at radius 1 is 0.763 bits per heavy atom. The maximum atomic E-state index is 13.6. The van der Waals surface area contributed by atoms with Gasteiger partial charge in [0.05, 0.1) is 16.5 Å². The molecule has 0 aliphatic heterocycles. The van der Waals surface area contributed by atoms with Crippen LogP contribution in [0.1, 0.15) is 17.3 Å². The summed E-state index contributed by atoms with van der Waals surface area (Å²) < 4.78 is 5.93. The predicted octanol–water partition coefficient (Wildman–Crippen LogP) is 6.83. The van der Waals surface area contributed by atoms with Crippen LogP contribution in [0.25, 0.3) is 11.5 Å². The fourth-order valence-corrected chi connectivity index (χ4v) is 4.59. The zero-order valence-corrected chi connectivity index (χ0v) is 21.3. The molecule has 0 saturated carbocycles. The molecule has 0 spiro atoms. The number of hydrogen-bond donors (Lipinski definition) is 1. The highest BCUT2D eigenvalue weighted by Crippen LogP contribution is 2.33. The Labute approximate surface area is 224 Å². The highest BCUT2D eigenvalue weighted by atomic mass is 32.2. The second-order valence-electron chi connectivity index (χ2n) is 8.34. The second-order valence-corrected chi connectivity index (χ2v) is 9.64. The Morgan fingerprint density at radius 3 is 1.95 bits per heavy atom. The van der Waals surface area contributed by atoms with E-state index in [1.165, 1.54) is 11.8 Å². The number of thioether (sulfide) groups is 1. The molecule has 8 heteroatoms. The Morgan fingerprint density at radius 2 is 1.32 bits per heavy atom. The molecule has 1 heterocycles. The van der Waals surface area contributed by atoms with Crippen molar-refractivity contribution in [1.82, 2.24) is 10.2 Å². The number of nitrogens with zero attached hydrogens (tertiary/aromatic N) is 3. The first-order chi connectivity index (χ1) is 18.6. The first kappa shape index (κ1) is 25.0. The lowest BCUT2D eigenvalue weighted by Gasteiger charge is -2.25. The largest absolute Gasteiger partial charge is 0.411 e. The summed E-state index contributed by atoms with van der Waals surface area (Å²) in [7, 11) is 0. The summed E-state index contributed by atoms with van der Waals surface area (Å²) in [5, 5.41) is 11.0. The quantitative estimate of drug-likeness (QED) is 0.226. The number of rotatable bonds is 8. The first-order valence-corrected chi connectivity index (χ1v) is 12.9. The zero-order chi connectivity index (χ0) is 26.3.